The van der Waals surface area contributed by atoms with Crippen molar-refractivity contribution >= 4 is 33.7 Å². The maximum Gasteiger partial charge on any atom is 0.331 e. The summed E-state index contributed by atoms with van der Waals surface area (Å²) in [5.41, 5.74) is 0.279. The number of rotatable bonds is 6. The maximum absolute atomic E-state index is 11.3. The number of nitro groups is 1. The van der Waals surface area contributed by atoms with E-state index in [2.05, 4.69) is 22.5 Å². The van der Waals surface area contributed by atoms with E-state index < -0.39 is 10.9 Å². The van der Waals surface area contributed by atoms with Gasteiger partial charge in [0.15, 0.2) is 0 Å². The van der Waals surface area contributed by atoms with Crippen LogP contribution in [0.25, 0.3) is 17.4 Å². The first-order chi connectivity index (χ1) is 11.0. The van der Waals surface area contributed by atoms with Gasteiger partial charge in [0.1, 0.15) is 18.1 Å². The fourth-order valence-corrected chi connectivity index (χ4v) is 2.14. The standard InChI is InChI=1S/C16H12BrNO5/c1-2-9-22-16(19)8-5-12-4-7-15(23-12)13-6-3-11(17)10-14(13)18(20)21/h2-8,10H,1,9H2/b8-5+. The lowest BCUT2D eigenvalue weighted by molar-refractivity contribution is -0.384. The molecule has 118 valence electrons. The Hall–Kier alpha value is -2.67. The molecule has 0 saturated heterocycles. The number of furan rings is 1. The second kappa shape index (κ2) is 7.55. The number of carbonyl (C=O) groups excluding carboxylic acids is 1. The van der Waals surface area contributed by atoms with Crippen LogP contribution in [0.15, 0.2) is 58.0 Å². The highest BCUT2D eigenvalue weighted by Crippen LogP contribution is 2.33. The first-order valence-corrected chi connectivity index (χ1v) is 7.30. The Balaban J connectivity index is 2.23. The molecule has 0 unspecified atom stereocenters. The number of nitro benzene ring substituents is 1. The third-order valence-corrected chi connectivity index (χ3v) is 3.27. The number of halogens is 1. The molecular weight excluding hydrogens is 366 g/mol. The first kappa shape index (κ1) is 16.7. The predicted octanol–water partition coefficient (Wildman–Crippen LogP) is 4.36. The maximum atomic E-state index is 11.3. The van der Waals surface area contributed by atoms with Crippen molar-refractivity contribution in [2.45, 2.75) is 0 Å². The average molecular weight is 378 g/mol. The van der Waals surface area contributed by atoms with Gasteiger partial charge in [0.05, 0.1) is 10.5 Å². The van der Waals surface area contributed by atoms with Gasteiger partial charge in [0, 0.05) is 16.6 Å². The van der Waals surface area contributed by atoms with Gasteiger partial charge in [-0.05, 0) is 30.3 Å². The molecule has 0 fully saturated rings. The summed E-state index contributed by atoms with van der Waals surface area (Å²) in [6.45, 7) is 3.56. The van der Waals surface area contributed by atoms with E-state index in [1.807, 2.05) is 0 Å². The molecule has 23 heavy (non-hydrogen) atoms. The van der Waals surface area contributed by atoms with E-state index in [-0.39, 0.29) is 12.3 Å². The van der Waals surface area contributed by atoms with Crippen LogP contribution < -0.4 is 0 Å². The van der Waals surface area contributed by atoms with Gasteiger partial charge in [-0.25, -0.2) is 4.79 Å². The molecule has 0 bridgehead atoms. The lowest BCUT2D eigenvalue weighted by atomic mass is 10.1. The molecule has 1 heterocycles. The van der Waals surface area contributed by atoms with E-state index in [9.17, 15) is 14.9 Å². The Bertz CT molecular complexity index is 779. The minimum absolute atomic E-state index is 0.0744. The largest absolute Gasteiger partial charge is 0.458 e. The van der Waals surface area contributed by atoms with Crippen LogP contribution in [0.3, 0.4) is 0 Å². The van der Waals surface area contributed by atoms with Crippen LogP contribution >= 0.6 is 15.9 Å². The molecular formula is C16H12BrNO5. The lowest BCUT2D eigenvalue weighted by Crippen LogP contribution is -1.99. The zero-order chi connectivity index (χ0) is 16.8. The van der Waals surface area contributed by atoms with E-state index in [0.717, 1.165) is 0 Å². The van der Waals surface area contributed by atoms with Crippen molar-refractivity contribution in [1.29, 1.82) is 0 Å². The van der Waals surface area contributed by atoms with E-state index in [0.29, 0.717) is 21.6 Å². The number of nitrogens with zero attached hydrogens (tertiary/aromatic N) is 1. The first-order valence-electron chi connectivity index (χ1n) is 6.51. The number of ether oxygens (including phenoxy) is 1. The molecule has 0 N–H and O–H groups in total. The van der Waals surface area contributed by atoms with E-state index in [1.165, 1.54) is 24.3 Å². The second-order valence-electron chi connectivity index (χ2n) is 4.37. The molecule has 0 aliphatic rings. The van der Waals surface area contributed by atoms with Crippen LogP contribution in [0, 0.1) is 10.1 Å². The van der Waals surface area contributed by atoms with Crippen molar-refractivity contribution in [3.8, 4) is 11.3 Å². The van der Waals surface area contributed by atoms with Gasteiger partial charge in [-0.3, -0.25) is 10.1 Å². The molecule has 0 amide bonds. The fraction of sp³-hybridized carbons (Fsp3) is 0.0625. The summed E-state index contributed by atoms with van der Waals surface area (Å²) in [6, 6.07) is 7.89. The molecule has 0 radical (unpaired) electrons. The lowest BCUT2D eigenvalue weighted by Gasteiger charge is -2.00. The van der Waals surface area contributed by atoms with Gasteiger partial charge in [-0.2, -0.15) is 0 Å². The Morgan fingerprint density at radius 1 is 1.39 bits per heavy atom. The third kappa shape index (κ3) is 4.40. The molecule has 7 heteroatoms. The highest BCUT2D eigenvalue weighted by Gasteiger charge is 2.18. The smallest absolute Gasteiger partial charge is 0.331 e. The molecule has 0 aliphatic carbocycles. The summed E-state index contributed by atoms with van der Waals surface area (Å²) < 4.78 is 10.9. The number of esters is 1. The number of carbonyl (C=O) groups is 1. The predicted molar refractivity (Wildman–Crippen MR) is 88.7 cm³/mol. The normalized spacial score (nSPS) is 10.7. The highest BCUT2D eigenvalue weighted by atomic mass is 79.9. The Labute approximate surface area is 140 Å². The van der Waals surface area contributed by atoms with Crippen LogP contribution in [0.1, 0.15) is 5.76 Å². The van der Waals surface area contributed by atoms with Crippen molar-refractivity contribution in [3.05, 3.63) is 69.4 Å². The van der Waals surface area contributed by atoms with E-state index in [4.69, 9.17) is 9.15 Å². The van der Waals surface area contributed by atoms with Gasteiger partial charge in [-0.15, -0.1) is 0 Å². The molecule has 0 spiro atoms. The minimum atomic E-state index is -0.530. The van der Waals surface area contributed by atoms with Crippen molar-refractivity contribution < 1.29 is 18.9 Å². The second-order valence-corrected chi connectivity index (χ2v) is 5.29. The summed E-state index contributed by atoms with van der Waals surface area (Å²) >= 11 is 3.20. The molecule has 2 aromatic rings. The Kier molecular flexibility index (Phi) is 5.48. The quantitative estimate of drug-likeness (QED) is 0.245. The van der Waals surface area contributed by atoms with Crippen LogP contribution in [0.5, 0.6) is 0 Å². The molecule has 1 aromatic heterocycles. The molecule has 2 rings (SSSR count). The van der Waals surface area contributed by atoms with Gasteiger partial charge in [0.2, 0.25) is 0 Å². The zero-order valence-corrected chi connectivity index (χ0v) is 13.5. The van der Waals surface area contributed by atoms with Crippen molar-refractivity contribution in [2.75, 3.05) is 6.61 Å². The summed E-state index contributed by atoms with van der Waals surface area (Å²) in [6.07, 6.45) is 4.10. The molecule has 0 atom stereocenters. The number of hydrogen-bond donors (Lipinski definition) is 0. The van der Waals surface area contributed by atoms with E-state index >= 15 is 0 Å². The monoisotopic (exact) mass is 377 g/mol. The Morgan fingerprint density at radius 2 is 2.17 bits per heavy atom. The third-order valence-electron chi connectivity index (χ3n) is 2.78. The van der Waals surface area contributed by atoms with Crippen LogP contribution in [0.4, 0.5) is 5.69 Å². The van der Waals surface area contributed by atoms with Crippen molar-refractivity contribution in [2.24, 2.45) is 0 Å². The van der Waals surface area contributed by atoms with Crippen LogP contribution in [-0.4, -0.2) is 17.5 Å². The van der Waals surface area contributed by atoms with Gasteiger partial charge < -0.3 is 9.15 Å². The van der Waals surface area contributed by atoms with Gasteiger partial charge in [-0.1, -0.05) is 28.6 Å². The topological polar surface area (TPSA) is 82.6 Å². The van der Waals surface area contributed by atoms with Crippen LogP contribution in [0.2, 0.25) is 0 Å². The summed E-state index contributed by atoms with van der Waals surface area (Å²) in [4.78, 5) is 22.0. The minimum Gasteiger partial charge on any atom is -0.458 e. The average Bonchev–Trinajstić information content (AvgIpc) is 2.99. The molecule has 6 nitrogen and oxygen atoms in total. The number of benzene rings is 1. The molecule has 0 saturated carbocycles. The molecule has 0 aliphatic heterocycles. The van der Waals surface area contributed by atoms with Gasteiger partial charge >= 0.3 is 5.97 Å². The van der Waals surface area contributed by atoms with E-state index in [1.54, 1.807) is 24.3 Å². The summed E-state index contributed by atoms with van der Waals surface area (Å²) in [5.74, 6) is 0.188. The summed E-state index contributed by atoms with van der Waals surface area (Å²) in [7, 11) is 0. The Morgan fingerprint density at radius 3 is 2.87 bits per heavy atom. The zero-order valence-electron chi connectivity index (χ0n) is 11.9. The highest BCUT2D eigenvalue weighted by molar-refractivity contribution is 9.10. The molecule has 1 aromatic carbocycles. The van der Waals surface area contributed by atoms with Crippen molar-refractivity contribution in [1.82, 2.24) is 0 Å². The SMILES string of the molecule is C=CCOC(=O)/C=C/c1ccc(-c2ccc(Br)cc2[N+](=O)[O-])o1. The van der Waals surface area contributed by atoms with Crippen molar-refractivity contribution in [3.63, 3.8) is 0 Å². The van der Waals surface area contributed by atoms with Crippen LogP contribution in [-0.2, 0) is 9.53 Å². The van der Waals surface area contributed by atoms with Gasteiger partial charge in [0.25, 0.3) is 5.69 Å². The number of hydrogen-bond acceptors (Lipinski definition) is 5. The fourth-order valence-electron chi connectivity index (χ4n) is 1.79. The summed E-state index contributed by atoms with van der Waals surface area (Å²) in [5, 5.41) is 11.1.